The Hall–Kier alpha value is -3.30. The molecule has 0 radical (unpaired) electrons. The number of aromatic nitrogens is 1. The van der Waals surface area contributed by atoms with E-state index in [0.29, 0.717) is 28.8 Å². The second-order valence-corrected chi connectivity index (χ2v) is 9.16. The molecule has 172 valence electrons. The molecule has 4 aromatic rings. The highest BCUT2D eigenvalue weighted by Crippen LogP contribution is 2.30. The topological polar surface area (TPSA) is 60.3 Å². The second kappa shape index (κ2) is 9.29. The standard InChI is InChI=1S/C24H21F3N2O3S/c25-24(26,27)19-7-4-6-18(16-19)17-28-13-15-32-23-11-5-10-22-21(23)12-14-29(22)33(30,31)20-8-2-1-3-9-20/h1-12,14,16,28H,13,15,17H2. The molecule has 0 bridgehead atoms. The zero-order valence-electron chi connectivity index (χ0n) is 17.4. The van der Waals surface area contributed by atoms with Gasteiger partial charge in [0.15, 0.2) is 0 Å². The number of benzene rings is 3. The van der Waals surface area contributed by atoms with Gasteiger partial charge in [-0.1, -0.05) is 42.5 Å². The summed E-state index contributed by atoms with van der Waals surface area (Å²) < 4.78 is 71.5. The Morgan fingerprint density at radius 1 is 0.909 bits per heavy atom. The summed E-state index contributed by atoms with van der Waals surface area (Å²) in [5.41, 5.74) is 0.336. The molecule has 0 amide bonds. The maximum Gasteiger partial charge on any atom is 0.416 e. The van der Waals surface area contributed by atoms with E-state index in [1.807, 2.05) is 0 Å². The minimum absolute atomic E-state index is 0.188. The molecule has 0 fully saturated rings. The first kappa shape index (κ1) is 22.9. The first-order chi connectivity index (χ1) is 15.8. The van der Waals surface area contributed by atoms with Crippen molar-refractivity contribution in [1.29, 1.82) is 0 Å². The summed E-state index contributed by atoms with van der Waals surface area (Å²) in [5, 5.41) is 3.70. The van der Waals surface area contributed by atoms with E-state index >= 15 is 0 Å². The van der Waals surface area contributed by atoms with Gasteiger partial charge in [-0.25, -0.2) is 12.4 Å². The van der Waals surface area contributed by atoms with Crippen molar-refractivity contribution in [2.75, 3.05) is 13.2 Å². The van der Waals surface area contributed by atoms with Crippen LogP contribution in [-0.4, -0.2) is 25.5 Å². The molecule has 1 N–H and O–H groups in total. The predicted molar refractivity (Wildman–Crippen MR) is 120 cm³/mol. The number of ether oxygens (including phenoxy) is 1. The van der Waals surface area contributed by atoms with Gasteiger partial charge in [0, 0.05) is 24.7 Å². The highest BCUT2D eigenvalue weighted by molar-refractivity contribution is 7.90. The molecule has 3 aromatic carbocycles. The van der Waals surface area contributed by atoms with Gasteiger partial charge in [0.1, 0.15) is 12.4 Å². The van der Waals surface area contributed by atoms with Crippen LogP contribution in [0, 0.1) is 0 Å². The van der Waals surface area contributed by atoms with Crippen LogP contribution >= 0.6 is 0 Å². The first-order valence-electron chi connectivity index (χ1n) is 10.2. The molecule has 0 aliphatic heterocycles. The number of nitrogens with zero attached hydrogens (tertiary/aromatic N) is 1. The van der Waals surface area contributed by atoms with Gasteiger partial charge >= 0.3 is 6.18 Å². The SMILES string of the molecule is O=S(=O)(c1ccccc1)n1ccc2c(OCCNCc3cccc(C(F)(F)F)c3)cccc21. The second-order valence-electron chi connectivity index (χ2n) is 7.34. The summed E-state index contributed by atoms with van der Waals surface area (Å²) in [7, 11) is -3.74. The third-order valence-electron chi connectivity index (χ3n) is 5.08. The highest BCUT2D eigenvalue weighted by Gasteiger charge is 2.30. The number of hydrogen-bond donors (Lipinski definition) is 1. The molecule has 5 nitrogen and oxygen atoms in total. The van der Waals surface area contributed by atoms with Crippen LogP contribution in [-0.2, 0) is 22.7 Å². The van der Waals surface area contributed by atoms with Crippen LogP contribution in [0.2, 0.25) is 0 Å². The normalized spacial score (nSPS) is 12.2. The van der Waals surface area contributed by atoms with Crippen LogP contribution in [0.4, 0.5) is 13.2 Å². The van der Waals surface area contributed by atoms with Gasteiger partial charge in [0.2, 0.25) is 0 Å². The van der Waals surface area contributed by atoms with Gasteiger partial charge in [0.05, 0.1) is 16.0 Å². The van der Waals surface area contributed by atoms with E-state index in [4.69, 9.17) is 4.74 Å². The minimum atomic E-state index is -4.37. The number of fused-ring (bicyclic) bond motifs is 1. The molecule has 0 unspecified atom stereocenters. The van der Waals surface area contributed by atoms with Crippen molar-refractivity contribution in [2.45, 2.75) is 17.6 Å². The summed E-state index contributed by atoms with van der Waals surface area (Å²) in [5.74, 6) is 0.524. The molecular weight excluding hydrogens is 453 g/mol. The van der Waals surface area contributed by atoms with E-state index in [0.717, 1.165) is 12.1 Å². The van der Waals surface area contributed by atoms with Gasteiger partial charge in [-0.2, -0.15) is 13.2 Å². The van der Waals surface area contributed by atoms with Crippen molar-refractivity contribution >= 4 is 20.9 Å². The van der Waals surface area contributed by atoms with Gasteiger partial charge in [-0.3, -0.25) is 0 Å². The van der Waals surface area contributed by atoms with Crippen LogP contribution in [0.5, 0.6) is 5.75 Å². The average molecular weight is 475 g/mol. The number of halogens is 3. The van der Waals surface area contributed by atoms with Crippen LogP contribution < -0.4 is 10.1 Å². The minimum Gasteiger partial charge on any atom is -0.492 e. The molecule has 0 spiro atoms. The van der Waals surface area contributed by atoms with E-state index in [9.17, 15) is 21.6 Å². The molecular formula is C24H21F3N2O3S. The van der Waals surface area contributed by atoms with E-state index in [1.165, 1.54) is 28.4 Å². The summed E-state index contributed by atoms with van der Waals surface area (Å²) in [4.78, 5) is 0.188. The van der Waals surface area contributed by atoms with Crippen molar-refractivity contribution in [2.24, 2.45) is 0 Å². The largest absolute Gasteiger partial charge is 0.492 e. The van der Waals surface area contributed by atoms with E-state index in [-0.39, 0.29) is 18.0 Å². The molecule has 9 heteroatoms. The van der Waals surface area contributed by atoms with Crippen LogP contribution in [0.15, 0.2) is 90.0 Å². The molecule has 0 aliphatic carbocycles. The van der Waals surface area contributed by atoms with Gasteiger partial charge in [0.25, 0.3) is 10.0 Å². The lowest BCUT2D eigenvalue weighted by atomic mass is 10.1. The first-order valence-corrected chi connectivity index (χ1v) is 11.6. The van der Waals surface area contributed by atoms with Crippen molar-refractivity contribution in [3.05, 3.63) is 96.2 Å². The zero-order chi connectivity index (χ0) is 23.5. The van der Waals surface area contributed by atoms with Crippen LogP contribution in [0.3, 0.4) is 0 Å². The zero-order valence-corrected chi connectivity index (χ0v) is 18.2. The van der Waals surface area contributed by atoms with Crippen molar-refractivity contribution in [3.63, 3.8) is 0 Å². The molecule has 4 rings (SSSR count). The fraction of sp³-hybridized carbons (Fsp3) is 0.167. The number of nitrogens with one attached hydrogen (secondary N) is 1. The summed E-state index contributed by atoms with van der Waals surface area (Å²) in [6.07, 6.45) is -2.88. The van der Waals surface area contributed by atoms with Crippen molar-refractivity contribution in [3.8, 4) is 5.75 Å². The summed E-state index contributed by atoms with van der Waals surface area (Å²) >= 11 is 0. The lowest BCUT2D eigenvalue weighted by Crippen LogP contribution is -2.21. The monoisotopic (exact) mass is 474 g/mol. The third kappa shape index (κ3) is 5.04. The van der Waals surface area contributed by atoms with Gasteiger partial charge in [-0.05, 0) is 42.0 Å². The van der Waals surface area contributed by atoms with Crippen molar-refractivity contribution < 1.29 is 26.3 Å². The number of rotatable bonds is 8. The molecule has 0 aliphatic rings. The quantitative estimate of drug-likeness (QED) is 0.363. The van der Waals surface area contributed by atoms with Crippen LogP contribution in [0.1, 0.15) is 11.1 Å². The smallest absolute Gasteiger partial charge is 0.416 e. The van der Waals surface area contributed by atoms with Gasteiger partial charge < -0.3 is 10.1 Å². The third-order valence-corrected chi connectivity index (χ3v) is 6.78. The predicted octanol–water partition coefficient (Wildman–Crippen LogP) is 5.07. The van der Waals surface area contributed by atoms with Crippen molar-refractivity contribution in [1.82, 2.24) is 9.29 Å². The molecule has 1 heterocycles. The highest BCUT2D eigenvalue weighted by atomic mass is 32.2. The summed E-state index contributed by atoms with van der Waals surface area (Å²) in [6, 6.07) is 20.2. The Bertz CT molecular complexity index is 1350. The molecule has 1 aromatic heterocycles. The van der Waals surface area contributed by atoms with Gasteiger partial charge in [-0.15, -0.1) is 0 Å². The number of alkyl halides is 3. The maximum atomic E-state index is 13.0. The molecule has 0 saturated heterocycles. The lowest BCUT2D eigenvalue weighted by molar-refractivity contribution is -0.137. The van der Waals surface area contributed by atoms with E-state index in [2.05, 4.69) is 5.32 Å². The Kier molecular flexibility index (Phi) is 6.44. The van der Waals surface area contributed by atoms with Crippen LogP contribution in [0.25, 0.3) is 10.9 Å². The fourth-order valence-corrected chi connectivity index (χ4v) is 4.85. The Labute approximate surface area is 189 Å². The Morgan fingerprint density at radius 3 is 2.42 bits per heavy atom. The molecule has 0 atom stereocenters. The van der Waals surface area contributed by atoms with E-state index < -0.39 is 21.8 Å². The fourth-order valence-electron chi connectivity index (χ4n) is 3.48. The lowest BCUT2D eigenvalue weighted by Gasteiger charge is -2.11. The molecule has 0 saturated carbocycles. The molecule has 33 heavy (non-hydrogen) atoms. The Morgan fingerprint density at radius 2 is 1.67 bits per heavy atom. The Balaban J connectivity index is 1.40. The average Bonchev–Trinajstić information content (AvgIpc) is 3.25. The number of hydrogen-bond acceptors (Lipinski definition) is 4. The summed E-state index contributed by atoms with van der Waals surface area (Å²) in [6.45, 7) is 0.924. The maximum absolute atomic E-state index is 13.0. The van der Waals surface area contributed by atoms with E-state index in [1.54, 1.807) is 48.5 Å².